The molecule has 0 amide bonds. The molecule has 9 rings (SSSR count). The highest BCUT2D eigenvalue weighted by molar-refractivity contribution is 7.86. The van der Waals surface area contributed by atoms with Crippen LogP contribution < -0.4 is 19.6 Å². The molecule has 0 unspecified atom stereocenters. The average molecular weight is 875 g/mol. The summed E-state index contributed by atoms with van der Waals surface area (Å²) >= 11 is 0. The summed E-state index contributed by atoms with van der Waals surface area (Å²) in [6, 6.07) is 41.8. The van der Waals surface area contributed by atoms with Gasteiger partial charge in [-0.15, -0.1) is 0 Å². The fraction of sp³-hybridized carbons (Fsp3) is 0.393. The van der Waals surface area contributed by atoms with Crippen LogP contribution in [-0.2, 0) is 19.9 Å². The van der Waals surface area contributed by atoms with Gasteiger partial charge in [0, 0.05) is 75.1 Å². The average Bonchev–Trinajstić information content (AvgIpc) is 3.36. The van der Waals surface area contributed by atoms with Crippen LogP contribution in [-0.4, -0.2) is 60.8 Å². The lowest BCUT2D eigenvalue weighted by Crippen LogP contribution is -2.33. The lowest BCUT2D eigenvalue weighted by Gasteiger charge is -2.34. The van der Waals surface area contributed by atoms with Crippen molar-refractivity contribution in [1.82, 2.24) is 0 Å². The number of hydrogen-bond acceptors (Lipinski definition) is 7. The van der Waals surface area contributed by atoms with E-state index in [0.717, 1.165) is 97.1 Å². The van der Waals surface area contributed by atoms with Crippen molar-refractivity contribution in [3.63, 3.8) is 0 Å². The normalized spacial score (nSPS) is 17.8. The van der Waals surface area contributed by atoms with E-state index in [1.807, 2.05) is 31.2 Å². The van der Waals surface area contributed by atoms with Crippen LogP contribution in [0.15, 0.2) is 144 Å². The van der Waals surface area contributed by atoms with Gasteiger partial charge < -0.3 is 19.6 Å². The van der Waals surface area contributed by atoms with Crippen LogP contribution in [0.5, 0.6) is 0 Å². The van der Waals surface area contributed by atoms with Gasteiger partial charge >= 0.3 is 0 Å². The van der Waals surface area contributed by atoms with Crippen LogP contribution in [0.1, 0.15) is 105 Å². The first kappa shape index (κ1) is 43.9. The molecule has 0 saturated carbocycles. The highest BCUT2D eigenvalue weighted by atomic mass is 32.2. The Hall–Kier alpha value is -5.31. The van der Waals surface area contributed by atoms with Gasteiger partial charge in [0.25, 0.3) is 10.1 Å². The monoisotopic (exact) mass is 874 g/mol. The van der Waals surface area contributed by atoms with Gasteiger partial charge in [-0.05, 0) is 179 Å². The molecule has 0 N–H and O–H groups in total. The van der Waals surface area contributed by atoms with Crippen LogP contribution in [0.2, 0.25) is 0 Å². The summed E-state index contributed by atoms with van der Waals surface area (Å²) in [5, 5.41) is 0. The minimum atomic E-state index is -4.28. The van der Waals surface area contributed by atoms with Crippen molar-refractivity contribution in [2.75, 3.05) is 72.0 Å². The van der Waals surface area contributed by atoms with Crippen LogP contribution in [0.25, 0.3) is 5.57 Å². The standard InChI is InChI=1S/C56H66N4O3S/c1-45-16-34-54(35-17-45)64(61,62)63-56(48-22-30-52(31-23-48)59-41-10-4-11-42-59,49-24-32-53(33-25-49)60-43-12-5-13-44-60)36-14-15-55(46-18-26-50(27-19-46)57-37-6-2-7-38-57)47-20-28-51(29-21-47)58-39-8-3-9-40-58/h14-36H,2-13,37-44H2,1H3. The smallest absolute Gasteiger partial charge is 0.298 e. The molecule has 4 fully saturated rings. The Morgan fingerprint density at radius 1 is 0.453 bits per heavy atom. The number of hydrogen-bond donors (Lipinski definition) is 0. The molecule has 64 heavy (non-hydrogen) atoms. The number of rotatable bonds is 13. The zero-order valence-electron chi connectivity index (χ0n) is 37.8. The maximum atomic E-state index is 14.7. The molecule has 4 heterocycles. The second kappa shape index (κ2) is 20.2. The van der Waals surface area contributed by atoms with Gasteiger partial charge in [0.15, 0.2) is 5.60 Å². The maximum Gasteiger partial charge on any atom is 0.298 e. The number of piperidine rings is 4. The molecule has 0 aromatic heterocycles. The maximum absolute atomic E-state index is 14.7. The quantitative estimate of drug-likeness (QED) is 0.0863. The SMILES string of the molecule is Cc1ccc(S(=O)(=O)OC(C=CC=C(c2ccc(N3CCCCC3)cc2)c2ccc(N3CCCCC3)cc2)(c2ccc(N3CCCCC3)cc2)c2ccc(N3CCCCC3)cc2)cc1. The van der Waals surface area contributed by atoms with E-state index in [2.05, 4.69) is 123 Å². The van der Waals surface area contributed by atoms with E-state index in [-0.39, 0.29) is 4.90 Å². The lowest BCUT2D eigenvalue weighted by atomic mass is 9.85. The van der Waals surface area contributed by atoms with Crippen LogP contribution in [0, 0.1) is 6.92 Å². The molecule has 4 aliphatic rings. The fourth-order valence-corrected chi connectivity index (χ4v) is 11.4. The van der Waals surface area contributed by atoms with Crippen molar-refractivity contribution in [3.8, 4) is 0 Å². The number of aryl methyl sites for hydroxylation is 1. The van der Waals surface area contributed by atoms with Crippen molar-refractivity contribution >= 4 is 38.4 Å². The minimum absolute atomic E-state index is 0.129. The van der Waals surface area contributed by atoms with Crippen molar-refractivity contribution in [1.29, 1.82) is 0 Å². The van der Waals surface area contributed by atoms with Gasteiger partial charge in [0.1, 0.15) is 0 Å². The number of anilines is 4. The first-order chi connectivity index (χ1) is 31.3. The number of benzene rings is 5. The Bertz CT molecular complexity index is 2310. The summed E-state index contributed by atoms with van der Waals surface area (Å²) in [6.45, 7) is 10.4. The van der Waals surface area contributed by atoms with Gasteiger partial charge in [-0.3, -0.25) is 0 Å². The molecule has 5 aromatic carbocycles. The van der Waals surface area contributed by atoms with Gasteiger partial charge in [0.2, 0.25) is 0 Å². The molecule has 0 radical (unpaired) electrons. The zero-order valence-corrected chi connectivity index (χ0v) is 38.7. The van der Waals surface area contributed by atoms with Crippen molar-refractivity contribution < 1.29 is 12.6 Å². The molecule has 0 bridgehead atoms. The topological polar surface area (TPSA) is 56.3 Å². The summed E-state index contributed by atoms with van der Waals surface area (Å²) in [5.74, 6) is 0. The first-order valence-corrected chi connectivity index (χ1v) is 25.6. The summed E-state index contributed by atoms with van der Waals surface area (Å²) < 4.78 is 36.2. The van der Waals surface area contributed by atoms with Gasteiger partial charge in [0.05, 0.1) is 4.90 Å². The van der Waals surface area contributed by atoms with Gasteiger partial charge in [-0.2, -0.15) is 8.42 Å². The second-order valence-electron chi connectivity index (χ2n) is 18.4. The highest BCUT2D eigenvalue weighted by Crippen LogP contribution is 2.41. The van der Waals surface area contributed by atoms with E-state index >= 15 is 0 Å². The van der Waals surface area contributed by atoms with Crippen LogP contribution in [0.3, 0.4) is 0 Å². The van der Waals surface area contributed by atoms with E-state index in [4.69, 9.17) is 4.18 Å². The molecule has 5 aromatic rings. The van der Waals surface area contributed by atoms with Gasteiger partial charge in [-0.25, -0.2) is 4.18 Å². The Morgan fingerprint density at radius 3 is 1.12 bits per heavy atom. The zero-order chi connectivity index (χ0) is 43.8. The van der Waals surface area contributed by atoms with Crippen LogP contribution >= 0.6 is 0 Å². The Labute approximate surface area is 383 Å². The van der Waals surface area contributed by atoms with E-state index in [1.165, 1.54) is 88.4 Å². The summed E-state index contributed by atoms with van der Waals surface area (Å²) in [7, 11) is -4.28. The fourth-order valence-electron chi connectivity index (χ4n) is 10.2. The third-order valence-electron chi connectivity index (χ3n) is 14.0. The first-order valence-electron chi connectivity index (χ1n) is 24.2. The predicted octanol–water partition coefficient (Wildman–Crippen LogP) is 12.3. The van der Waals surface area contributed by atoms with Gasteiger partial charge in [-0.1, -0.05) is 78.4 Å². The molecule has 4 saturated heterocycles. The molecule has 4 aliphatic heterocycles. The molecular weight excluding hydrogens is 809 g/mol. The molecular formula is C56H66N4O3S. The molecule has 0 aliphatic carbocycles. The van der Waals surface area contributed by atoms with Crippen molar-refractivity contribution in [3.05, 3.63) is 167 Å². The molecule has 8 heteroatoms. The predicted molar refractivity (Wildman–Crippen MR) is 266 cm³/mol. The third-order valence-corrected chi connectivity index (χ3v) is 15.3. The summed E-state index contributed by atoms with van der Waals surface area (Å²) in [5.41, 5.74) is 9.05. The lowest BCUT2D eigenvalue weighted by molar-refractivity contribution is 0.173. The number of allylic oxidation sites excluding steroid dienone is 2. The highest BCUT2D eigenvalue weighted by Gasteiger charge is 2.39. The molecule has 0 atom stereocenters. The molecule has 0 spiro atoms. The second-order valence-corrected chi connectivity index (χ2v) is 20.0. The van der Waals surface area contributed by atoms with E-state index in [9.17, 15) is 8.42 Å². The number of nitrogens with zero attached hydrogens (tertiary/aromatic N) is 4. The Balaban J connectivity index is 1.17. The summed E-state index contributed by atoms with van der Waals surface area (Å²) in [4.78, 5) is 9.99. The molecule has 334 valence electrons. The van der Waals surface area contributed by atoms with E-state index in [0.29, 0.717) is 0 Å². The Morgan fingerprint density at radius 2 is 0.781 bits per heavy atom. The molecule has 7 nitrogen and oxygen atoms in total. The van der Waals surface area contributed by atoms with Crippen LogP contribution in [0.4, 0.5) is 22.7 Å². The largest absolute Gasteiger partial charge is 0.372 e. The van der Waals surface area contributed by atoms with E-state index < -0.39 is 15.7 Å². The van der Waals surface area contributed by atoms with Crippen molar-refractivity contribution in [2.45, 2.75) is 94.5 Å². The Kier molecular flexibility index (Phi) is 13.9. The minimum Gasteiger partial charge on any atom is -0.372 e. The van der Waals surface area contributed by atoms with E-state index in [1.54, 1.807) is 12.1 Å². The summed E-state index contributed by atoms with van der Waals surface area (Å²) in [6.07, 6.45) is 20.8. The third kappa shape index (κ3) is 10.1. The van der Waals surface area contributed by atoms with Crippen molar-refractivity contribution in [2.24, 2.45) is 0 Å².